The lowest BCUT2D eigenvalue weighted by molar-refractivity contribution is 0.557. The highest BCUT2D eigenvalue weighted by molar-refractivity contribution is 7.76. The van der Waals surface area contributed by atoms with Crippen LogP contribution in [0.1, 0.15) is 22.7 Å². The van der Waals surface area contributed by atoms with Gasteiger partial charge in [0.25, 0.3) is 0 Å². The molecule has 1 aliphatic heterocycles. The van der Waals surface area contributed by atoms with Crippen molar-refractivity contribution in [2.45, 2.75) is 19.0 Å². The molecule has 158 valence electrons. The summed E-state index contributed by atoms with van der Waals surface area (Å²) in [6, 6.07) is 38.9. The molecule has 3 atom stereocenters. The quantitative estimate of drug-likeness (QED) is 0.259. The Labute approximate surface area is 190 Å². The van der Waals surface area contributed by atoms with Gasteiger partial charge in [0.15, 0.2) is 0 Å². The molecule has 0 radical (unpaired) electrons. The van der Waals surface area contributed by atoms with Gasteiger partial charge < -0.3 is 0 Å². The van der Waals surface area contributed by atoms with Crippen LogP contribution in [0.4, 0.5) is 0 Å². The molecule has 4 aromatic rings. The Kier molecular flexibility index (Phi) is 5.66. The third kappa shape index (κ3) is 3.88. The van der Waals surface area contributed by atoms with E-state index in [4.69, 9.17) is 0 Å². The highest BCUT2D eigenvalue weighted by atomic mass is 31.2. The van der Waals surface area contributed by atoms with Gasteiger partial charge in [-0.15, -0.1) is 0 Å². The molecule has 0 aliphatic carbocycles. The van der Waals surface area contributed by atoms with Crippen molar-refractivity contribution in [1.29, 1.82) is 0 Å². The molecule has 1 heterocycles. The van der Waals surface area contributed by atoms with Gasteiger partial charge in [-0.05, 0) is 42.3 Å². The van der Waals surface area contributed by atoms with Crippen molar-refractivity contribution < 1.29 is 4.57 Å². The predicted molar refractivity (Wildman–Crippen MR) is 135 cm³/mol. The molecule has 3 heteroatoms. The van der Waals surface area contributed by atoms with Gasteiger partial charge in [0.05, 0.1) is 12.1 Å². The van der Waals surface area contributed by atoms with Crippen LogP contribution in [0.15, 0.2) is 121 Å². The van der Waals surface area contributed by atoms with Crippen molar-refractivity contribution in [3.63, 3.8) is 0 Å². The molecular formula is C29H26NOP. The molecule has 4 aromatic carbocycles. The predicted octanol–water partition coefficient (Wildman–Crippen LogP) is 6.36. The zero-order valence-electron chi connectivity index (χ0n) is 18.1. The summed E-state index contributed by atoms with van der Waals surface area (Å²) < 4.78 is 17.2. The van der Waals surface area contributed by atoms with Gasteiger partial charge in [-0.25, -0.2) is 4.67 Å². The summed E-state index contributed by atoms with van der Waals surface area (Å²) in [5.74, 6) is 0. The van der Waals surface area contributed by atoms with Crippen LogP contribution in [0.2, 0.25) is 0 Å². The van der Waals surface area contributed by atoms with Crippen LogP contribution in [0.25, 0.3) is 6.08 Å². The lowest BCUT2D eigenvalue weighted by Gasteiger charge is -2.22. The zero-order chi connectivity index (χ0) is 22.0. The average molecular weight is 436 g/mol. The van der Waals surface area contributed by atoms with E-state index in [0.29, 0.717) is 0 Å². The summed E-state index contributed by atoms with van der Waals surface area (Å²) in [7, 11) is -3.01. The van der Waals surface area contributed by atoms with Gasteiger partial charge in [0, 0.05) is 10.6 Å². The van der Waals surface area contributed by atoms with E-state index in [1.165, 1.54) is 11.1 Å². The topological polar surface area (TPSA) is 20.1 Å². The van der Waals surface area contributed by atoms with Crippen molar-refractivity contribution >= 4 is 24.0 Å². The molecule has 0 N–H and O–H groups in total. The number of benzene rings is 4. The number of aryl methyl sites for hydroxylation is 1. The molecule has 5 rings (SSSR count). The molecule has 32 heavy (non-hydrogen) atoms. The van der Waals surface area contributed by atoms with E-state index < -0.39 is 7.29 Å². The minimum absolute atomic E-state index is 0.0594. The fourth-order valence-corrected chi connectivity index (χ4v) is 7.48. The number of hydrogen-bond acceptors (Lipinski definition) is 1. The summed E-state index contributed by atoms with van der Waals surface area (Å²) in [5.41, 5.74) is 3.58. The summed E-state index contributed by atoms with van der Waals surface area (Å²) in [4.78, 5) is 0. The number of rotatable bonds is 6. The smallest absolute Gasteiger partial charge is 0.208 e. The third-order valence-electron chi connectivity index (χ3n) is 6.07. The van der Waals surface area contributed by atoms with Crippen LogP contribution in [0.5, 0.6) is 0 Å². The largest absolute Gasteiger partial charge is 0.296 e. The second kappa shape index (κ2) is 8.74. The SMILES string of the molecule is Cc1ccc([C@@H]2[C@@H](/C=C/c3ccccc3)N2P(=O)(c2ccccc2)c2ccccc2)cc1. The van der Waals surface area contributed by atoms with Crippen LogP contribution in [0.3, 0.4) is 0 Å². The van der Waals surface area contributed by atoms with Crippen molar-refractivity contribution in [3.05, 3.63) is 138 Å². The van der Waals surface area contributed by atoms with E-state index in [1.54, 1.807) is 0 Å². The first-order chi connectivity index (χ1) is 15.7. The van der Waals surface area contributed by atoms with Gasteiger partial charge >= 0.3 is 0 Å². The monoisotopic (exact) mass is 435 g/mol. The second-order valence-corrected chi connectivity index (χ2v) is 10.9. The van der Waals surface area contributed by atoms with E-state index in [0.717, 1.165) is 16.2 Å². The molecule has 1 aliphatic rings. The minimum atomic E-state index is -3.01. The maximum absolute atomic E-state index is 14.9. The molecule has 0 saturated carbocycles. The van der Waals surface area contributed by atoms with Gasteiger partial charge in [-0.2, -0.15) is 0 Å². The summed E-state index contributed by atoms with van der Waals surface area (Å²) in [5, 5.41) is 1.75. The van der Waals surface area contributed by atoms with Gasteiger partial charge in [0.2, 0.25) is 7.29 Å². The Morgan fingerprint density at radius 1 is 0.688 bits per heavy atom. The van der Waals surface area contributed by atoms with E-state index in [1.807, 2.05) is 78.9 Å². The summed E-state index contributed by atoms with van der Waals surface area (Å²) in [6.07, 6.45) is 4.35. The first kappa shape index (κ1) is 20.7. The lowest BCUT2D eigenvalue weighted by Crippen LogP contribution is -2.22. The van der Waals surface area contributed by atoms with E-state index in [-0.39, 0.29) is 12.1 Å². The molecule has 0 spiro atoms. The van der Waals surface area contributed by atoms with E-state index in [9.17, 15) is 4.57 Å². The normalized spacial score (nSPS) is 20.3. The molecule has 0 aromatic heterocycles. The summed E-state index contributed by atoms with van der Waals surface area (Å²) in [6.45, 7) is 2.10. The first-order valence-corrected chi connectivity index (χ1v) is 12.6. The van der Waals surface area contributed by atoms with Gasteiger partial charge in [0.1, 0.15) is 0 Å². The molecule has 0 bridgehead atoms. The van der Waals surface area contributed by atoms with Crippen LogP contribution in [0, 0.1) is 6.92 Å². The zero-order valence-corrected chi connectivity index (χ0v) is 19.0. The Hall–Kier alpha value is -3.19. The average Bonchev–Trinajstić information content (AvgIpc) is 3.59. The fourth-order valence-electron chi connectivity index (χ4n) is 4.36. The standard InChI is InChI=1S/C29H26NOP/c1-23-17-20-25(21-18-23)29-28(22-19-24-11-5-2-6-12-24)30(29)32(31,26-13-7-3-8-14-26)27-15-9-4-10-16-27/h2-22,28-29H,1H3/b22-19+/t28-,29-,30?/m1/s1. The Balaban J connectivity index is 1.61. The number of nitrogens with zero attached hydrogens (tertiary/aromatic N) is 1. The van der Waals surface area contributed by atoms with Crippen LogP contribution >= 0.6 is 7.29 Å². The van der Waals surface area contributed by atoms with Gasteiger partial charge in [-0.1, -0.05) is 109 Å². The van der Waals surface area contributed by atoms with Crippen molar-refractivity contribution in [1.82, 2.24) is 4.67 Å². The lowest BCUT2D eigenvalue weighted by atomic mass is 10.1. The third-order valence-corrected chi connectivity index (χ3v) is 9.23. The molecule has 1 unspecified atom stereocenters. The Morgan fingerprint density at radius 2 is 1.19 bits per heavy atom. The number of hydrogen-bond donors (Lipinski definition) is 0. The highest BCUT2D eigenvalue weighted by Gasteiger charge is 2.57. The van der Waals surface area contributed by atoms with Crippen LogP contribution in [-0.4, -0.2) is 10.7 Å². The molecule has 0 amide bonds. The van der Waals surface area contributed by atoms with Crippen LogP contribution < -0.4 is 10.6 Å². The molecular weight excluding hydrogens is 409 g/mol. The second-order valence-electron chi connectivity index (χ2n) is 8.24. The maximum atomic E-state index is 14.9. The Morgan fingerprint density at radius 3 is 1.72 bits per heavy atom. The van der Waals surface area contributed by atoms with Crippen molar-refractivity contribution in [2.75, 3.05) is 0 Å². The van der Waals surface area contributed by atoms with Gasteiger partial charge in [-0.3, -0.25) is 4.57 Å². The van der Waals surface area contributed by atoms with Crippen molar-refractivity contribution in [2.24, 2.45) is 0 Å². The Bertz CT molecular complexity index is 1210. The van der Waals surface area contributed by atoms with E-state index in [2.05, 4.69) is 60.1 Å². The fraction of sp³-hybridized carbons (Fsp3) is 0.103. The molecule has 2 nitrogen and oxygen atoms in total. The highest BCUT2D eigenvalue weighted by Crippen LogP contribution is 2.64. The minimum Gasteiger partial charge on any atom is -0.296 e. The van der Waals surface area contributed by atoms with Crippen molar-refractivity contribution in [3.8, 4) is 0 Å². The maximum Gasteiger partial charge on any atom is 0.208 e. The summed E-state index contributed by atoms with van der Waals surface area (Å²) >= 11 is 0. The molecule has 1 fully saturated rings. The van der Waals surface area contributed by atoms with E-state index >= 15 is 0 Å². The first-order valence-electron chi connectivity index (χ1n) is 11.0. The van der Waals surface area contributed by atoms with Crippen LogP contribution in [-0.2, 0) is 4.57 Å². The molecule has 1 saturated heterocycles.